The highest BCUT2D eigenvalue weighted by Crippen LogP contribution is 2.53. The molecule has 2 aliphatic heterocycles. The Kier molecular flexibility index (Phi) is 8.42. The number of benzene rings is 7. The molecule has 3 aromatic heterocycles. The third kappa shape index (κ3) is 6.01. The van der Waals surface area contributed by atoms with Gasteiger partial charge in [-0.25, -0.2) is 9.98 Å². The van der Waals surface area contributed by atoms with Crippen molar-refractivity contribution in [1.82, 2.24) is 24.8 Å². The highest BCUT2D eigenvalue weighted by molar-refractivity contribution is 8.00. The summed E-state index contributed by atoms with van der Waals surface area (Å²) in [5.74, 6) is 2.91. The topological polar surface area (TPSA) is 68.0 Å². The minimum atomic E-state index is 0.00330. The number of thiophene rings is 1. The molecule has 0 fully saturated rings. The minimum absolute atomic E-state index is 0.00330. The van der Waals surface area contributed by atoms with Crippen molar-refractivity contribution < 1.29 is 0 Å². The summed E-state index contributed by atoms with van der Waals surface area (Å²) >= 11 is 3.74. The zero-order valence-electron chi connectivity index (χ0n) is 33.8. The summed E-state index contributed by atoms with van der Waals surface area (Å²) in [6.45, 7) is 0. The Hall–Kier alpha value is -7.39. The summed E-state index contributed by atoms with van der Waals surface area (Å²) in [6.07, 6.45) is 6.80. The molecule has 0 saturated carbocycles. The average Bonchev–Trinajstić information content (AvgIpc) is 4.03. The normalized spacial score (nSPS) is 17.6. The number of nitrogens with zero attached hydrogens (tertiary/aromatic N) is 5. The Balaban J connectivity index is 0.931. The molecule has 0 radical (unpaired) electrons. The summed E-state index contributed by atoms with van der Waals surface area (Å²) in [7, 11) is 0. The molecule has 1 N–H and O–H groups in total. The van der Waals surface area contributed by atoms with Crippen LogP contribution in [0.25, 0.3) is 71.7 Å². The number of aromatic nitrogens is 4. The fourth-order valence-electron chi connectivity index (χ4n) is 9.56. The number of rotatable bonds is 6. The van der Waals surface area contributed by atoms with Gasteiger partial charge >= 0.3 is 0 Å². The lowest BCUT2D eigenvalue weighted by Crippen LogP contribution is -2.35. The number of aliphatic imine (C=N–C) groups is 1. The molecule has 0 saturated heterocycles. The van der Waals surface area contributed by atoms with Gasteiger partial charge in [-0.15, -0.1) is 23.1 Å². The van der Waals surface area contributed by atoms with Gasteiger partial charge in [0.05, 0.1) is 27.6 Å². The van der Waals surface area contributed by atoms with E-state index in [2.05, 4.69) is 186 Å². The molecule has 63 heavy (non-hydrogen) atoms. The van der Waals surface area contributed by atoms with Crippen LogP contribution < -0.4 is 5.32 Å². The number of thioether (sulfide) groups is 1. The van der Waals surface area contributed by atoms with Crippen molar-refractivity contribution in [3.05, 3.63) is 216 Å². The molecule has 3 unspecified atom stereocenters. The molecule has 3 aliphatic rings. The summed E-state index contributed by atoms with van der Waals surface area (Å²) in [5.41, 5.74) is 11.1. The van der Waals surface area contributed by atoms with E-state index < -0.39 is 0 Å². The van der Waals surface area contributed by atoms with Crippen LogP contribution in [0, 0.1) is 0 Å². The van der Waals surface area contributed by atoms with Gasteiger partial charge in [-0.05, 0) is 46.5 Å². The van der Waals surface area contributed by atoms with Gasteiger partial charge in [0.2, 0.25) is 5.95 Å². The van der Waals surface area contributed by atoms with Gasteiger partial charge in [0.1, 0.15) is 5.84 Å². The third-order valence-corrected chi connectivity index (χ3v) is 15.0. The quantitative estimate of drug-likeness (QED) is 0.181. The predicted molar refractivity (Wildman–Crippen MR) is 260 cm³/mol. The van der Waals surface area contributed by atoms with E-state index in [1.807, 2.05) is 41.3 Å². The maximum absolute atomic E-state index is 5.44. The van der Waals surface area contributed by atoms with Crippen LogP contribution in [0.5, 0.6) is 0 Å². The lowest BCUT2D eigenvalue weighted by Gasteiger charge is -2.31. The molecule has 3 atom stereocenters. The maximum atomic E-state index is 5.44. The minimum Gasteiger partial charge on any atom is -0.358 e. The first-order chi connectivity index (χ1) is 31.2. The fraction of sp³-hybridized carbons (Fsp3) is 0.0545. The number of hydrogen-bond acceptors (Lipinski definition) is 7. The number of nitrogens with one attached hydrogen (secondary N) is 1. The number of amidine groups is 1. The second-order valence-electron chi connectivity index (χ2n) is 16.2. The Morgan fingerprint density at radius 1 is 0.556 bits per heavy atom. The average molecular weight is 845 g/mol. The zero-order valence-corrected chi connectivity index (χ0v) is 35.4. The van der Waals surface area contributed by atoms with Crippen LogP contribution in [0.15, 0.2) is 210 Å². The smallest absolute Gasteiger partial charge is 0.238 e. The standard InChI is InChI=1S/C55H36N6S2/c1-4-15-33(16-5-1)36-27-29-39-38-21-10-12-24-43(38)61(44(39)31-36)55-59-52(35-19-8-3-9-20-35)58-53(60-55)37-28-30-40-47(32-37)62-46-26-14-23-42(48(40)46)54-56-49(34-17-6-2-7-18-34)51-50(57-54)41-22-11-13-25-45(41)63-51/h1-32,46,48-49H,(H,56,57). The van der Waals surface area contributed by atoms with Crippen LogP contribution in [0.2, 0.25) is 0 Å². The van der Waals surface area contributed by atoms with Crippen molar-refractivity contribution in [2.75, 3.05) is 0 Å². The summed E-state index contributed by atoms with van der Waals surface area (Å²) < 4.78 is 3.46. The van der Waals surface area contributed by atoms with Crippen molar-refractivity contribution in [2.24, 2.45) is 4.99 Å². The van der Waals surface area contributed by atoms with Crippen molar-refractivity contribution in [3.63, 3.8) is 0 Å². The fourth-order valence-corrected chi connectivity index (χ4v) is 12.2. The van der Waals surface area contributed by atoms with E-state index in [-0.39, 0.29) is 17.2 Å². The second-order valence-corrected chi connectivity index (χ2v) is 18.5. The molecule has 0 spiro atoms. The lowest BCUT2D eigenvalue weighted by atomic mass is 9.83. The lowest BCUT2D eigenvalue weighted by molar-refractivity contribution is 0.748. The molecule has 7 aromatic carbocycles. The first-order valence-corrected chi connectivity index (χ1v) is 22.9. The van der Waals surface area contributed by atoms with Crippen LogP contribution in [0.1, 0.15) is 28.0 Å². The van der Waals surface area contributed by atoms with E-state index in [1.165, 1.54) is 36.6 Å². The van der Waals surface area contributed by atoms with E-state index >= 15 is 0 Å². The molecule has 0 amide bonds. The first-order valence-electron chi connectivity index (χ1n) is 21.2. The maximum Gasteiger partial charge on any atom is 0.238 e. The Bertz CT molecular complexity index is 3530. The number of hydrogen-bond donors (Lipinski definition) is 1. The molecule has 298 valence electrons. The van der Waals surface area contributed by atoms with E-state index in [4.69, 9.17) is 19.9 Å². The predicted octanol–water partition coefficient (Wildman–Crippen LogP) is 13.7. The van der Waals surface area contributed by atoms with Gasteiger partial charge in [0, 0.05) is 53.6 Å². The second kappa shape index (κ2) is 14.6. The molecule has 13 rings (SSSR count). The first kappa shape index (κ1) is 36.3. The van der Waals surface area contributed by atoms with Gasteiger partial charge in [-0.1, -0.05) is 170 Å². The molecular weight excluding hydrogens is 809 g/mol. The van der Waals surface area contributed by atoms with Gasteiger partial charge in [-0.2, -0.15) is 9.97 Å². The molecule has 8 heteroatoms. The monoisotopic (exact) mass is 844 g/mol. The molecule has 1 aliphatic carbocycles. The number of para-hydroxylation sites is 1. The third-order valence-electron chi connectivity index (χ3n) is 12.5. The van der Waals surface area contributed by atoms with Crippen molar-refractivity contribution in [1.29, 1.82) is 0 Å². The van der Waals surface area contributed by atoms with Crippen molar-refractivity contribution in [2.45, 2.75) is 22.1 Å². The SMILES string of the molecule is C1=CC2Sc3cc(-c4nc(-c5ccccc5)nc(-n5c6ccccc6c6ccc(-c7ccccc7)cc65)n4)ccc3C2C(C2=Nc3c(sc4ccccc34)C(c3ccccc3)N2)=C1. The summed E-state index contributed by atoms with van der Waals surface area (Å²) in [4.78, 5) is 23.7. The van der Waals surface area contributed by atoms with Crippen LogP contribution in [-0.4, -0.2) is 30.6 Å². The molecule has 5 heterocycles. The summed E-state index contributed by atoms with van der Waals surface area (Å²) in [6, 6.07) is 62.2. The van der Waals surface area contributed by atoms with Gasteiger partial charge in [-0.3, -0.25) is 4.57 Å². The number of allylic oxidation sites excluding steroid dienone is 2. The highest BCUT2D eigenvalue weighted by atomic mass is 32.2. The Morgan fingerprint density at radius 2 is 1.24 bits per heavy atom. The molecular formula is C55H36N6S2. The van der Waals surface area contributed by atoms with Crippen molar-refractivity contribution >= 4 is 66.5 Å². The van der Waals surface area contributed by atoms with E-state index in [9.17, 15) is 0 Å². The molecule has 0 bridgehead atoms. The zero-order chi connectivity index (χ0) is 41.4. The van der Waals surface area contributed by atoms with Gasteiger partial charge < -0.3 is 5.32 Å². The van der Waals surface area contributed by atoms with Crippen LogP contribution in [0.4, 0.5) is 5.69 Å². The van der Waals surface area contributed by atoms with Gasteiger partial charge in [0.25, 0.3) is 0 Å². The summed E-state index contributed by atoms with van der Waals surface area (Å²) in [5, 5.41) is 7.67. The van der Waals surface area contributed by atoms with E-state index in [1.54, 1.807) is 0 Å². The largest absolute Gasteiger partial charge is 0.358 e. The molecule has 10 aromatic rings. The Labute approximate surface area is 372 Å². The van der Waals surface area contributed by atoms with Crippen LogP contribution in [0.3, 0.4) is 0 Å². The van der Waals surface area contributed by atoms with E-state index in [0.717, 1.165) is 55.6 Å². The van der Waals surface area contributed by atoms with Crippen LogP contribution >= 0.6 is 23.1 Å². The van der Waals surface area contributed by atoms with E-state index in [0.29, 0.717) is 17.6 Å². The van der Waals surface area contributed by atoms with Crippen molar-refractivity contribution in [3.8, 4) is 39.9 Å². The van der Waals surface area contributed by atoms with Crippen LogP contribution in [-0.2, 0) is 0 Å². The Morgan fingerprint density at radius 3 is 2.06 bits per heavy atom. The van der Waals surface area contributed by atoms with Gasteiger partial charge in [0.15, 0.2) is 11.6 Å². The highest BCUT2D eigenvalue weighted by Gasteiger charge is 2.40. The number of fused-ring (bicyclic) bond motifs is 9. The molecule has 6 nitrogen and oxygen atoms in total.